The molecule has 0 unspecified atom stereocenters. The molecule has 0 aliphatic carbocycles. The maximum atomic E-state index is 12.8. The van der Waals surface area contributed by atoms with Gasteiger partial charge in [0.2, 0.25) is 0 Å². The number of nitro groups is 1. The lowest BCUT2D eigenvalue weighted by Crippen LogP contribution is -2.19. The Morgan fingerprint density at radius 2 is 2.10 bits per heavy atom. The van der Waals surface area contributed by atoms with Gasteiger partial charge in [0.1, 0.15) is 0 Å². The van der Waals surface area contributed by atoms with Crippen LogP contribution in [0.4, 0.5) is 5.69 Å². The summed E-state index contributed by atoms with van der Waals surface area (Å²) in [6.45, 7) is 5.52. The van der Waals surface area contributed by atoms with Crippen LogP contribution < -0.4 is 4.80 Å². The molecular formula is C20H21N3O4S2. The summed E-state index contributed by atoms with van der Waals surface area (Å²) in [4.78, 5) is 29.3. The highest BCUT2D eigenvalue weighted by Crippen LogP contribution is 2.24. The van der Waals surface area contributed by atoms with E-state index in [0.29, 0.717) is 34.8 Å². The second-order valence-corrected chi connectivity index (χ2v) is 8.37. The van der Waals surface area contributed by atoms with Crippen LogP contribution in [-0.4, -0.2) is 34.4 Å². The molecule has 0 bridgehead atoms. The molecule has 1 amide bonds. The molecule has 152 valence electrons. The van der Waals surface area contributed by atoms with E-state index in [2.05, 4.69) is 11.9 Å². The van der Waals surface area contributed by atoms with Crippen LogP contribution in [0.2, 0.25) is 0 Å². The Bertz CT molecular complexity index is 1100. The van der Waals surface area contributed by atoms with Crippen molar-refractivity contribution >= 4 is 44.9 Å². The molecule has 2 aromatic carbocycles. The molecule has 0 N–H and O–H groups in total. The van der Waals surface area contributed by atoms with Gasteiger partial charge in [-0.25, -0.2) is 0 Å². The standard InChI is InChI=1S/C20H21N3O4S2/c1-3-27-11-10-22-17-9-8-15(23(25)26)13-18(17)29-20(22)21-19(24)14-6-5-7-16(12-14)28-4-2/h5-9,12-13H,3-4,10-11H2,1-2H3. The molecule has 9 heteroatoms. The molecule has 1 aromatic heterocycles. The van der Waals surface area contributed by atoms with E-state index in [4.69, 9.17) is 4.74 Å². The second-order valence-electron chi connectivity index (χ2n) is 6.02. The summed E-state index contributed by atoms with van der Waals surface area (Å²) in [6, 6.07) is 12.1. The van der Waals surface area contributed by atoms with Gasteiger partial charge in [-0.3, -0.25) is 14.9 Å². The number of ether oxygens (including phenoxy) is 1. The van der Waals surface area contributed by atoms with Crippen molar-refractivity contribution in [3.8, 4) is 0 Å². The Balaban J connectivity index is 2.05. The Kier molecular flexibility index (Phi) is 7.18. The molecule has 0 aliphatic heterocycles. The van der Waals surface area contributed by atoms with Crippen molar-refractivity contribution in [1.29, 1.82) is 0 Å². The number of carbonyl (C=O) groups is 1. The van der Waals surface area contributed by atoms with Gasteiger partial charge in [0, 0.05) is 35.7 Å². The predicted molar refractivity (Wildman–Crippen MR) is 116 cm³/mol. The first-order valence-corrected chi connectivity index (χ1v) is 11.0. The molecule has 0 spiro atoms. The van der Waals surface area contributed by atoms with Crippen molar-refractivity contribution in [2.24, 2.45) is 4.99 Å². The average Bonchev–Trinajstić information content (AvgIpc) is 3.05. The van der Waals surface area contributed by atoms with Gasteiger partial charge < -0.3 is 9.30 Å². The van der Waals surface area contributed by atoms with Gasteiger partial charge >= 0.3 is 0 Å². The van der Waals surface area contributed by atoms with Gasteiger partial charge in [0.15, 0.2) is 4.80 Å². The molecule has 3 aromatic rings. The van der Waals surface area contributed by atoms with Gasteiger partial charge in [-0.2, -0.15) is 4.99 Å². The van der Waals surface area contributed by atoms with Gasteiger partial charge in [-0.15, -0.1) is 11.8 Å². The van der Waals surface area contributed by atoms with E-state index in [1.165, 1.54) is 23.5 Å². The summed E-state index contributed by atoms with van der Waals surface area (Å²) in [5.41, 5.74) is 1.32. The van der Waals surface area contributed by atoms with Gasteiger partial charge in [-0.05, 0) is 36.9 Å². The van der Waals surface area contributed by atoms with Gasteiger partial charge in [0.25, 0.3) is 11.6 Å². The second kappa shape index (κ2) is 9.82. The summed E-state index contributed by atoms with van der Waals surface area (Å²) in [6.07, 6.45) is 0. The number of amides is 1. The minimum Gasteiger partial charge on any atom is -0.380 e. The molecule has 7 nitrogen and oxygen atoms in total. The Hall–Kier alpha value is -2.49. The minimum atomic E-state index is -0.428. The van der Waals surface area contributed by atoms with E-state index in [0.717, 1.165) is 16.2 Å². The number of non-ortho nitro benzene ring substituents is 1. The van der Waals surface area contributed by atoms with Crippen LogP contribution in [0.3, 0.4) is 0 Å². The van der Waals surface area contributed by atoms with Crippen LogP contribution in [0.5, 0.6) is 0 Å². The fourth-order valence-electron chi connectivity index (χ4n) is 2.81. The summed E-state index contributed by atoms with van der Waals surface area (Å²) >= 11 is 2.92. The average molecular weight is 432 g/mol. The predicted octanol–water partition coefficient (Wildman–Crippen LogP) is 4.50. The zero-order valence-corrected chi connectivity index (χ0v) is 17.8. The number of hydrogen-bond donors (Lipinski definition) is 0. The van der Waals surface area contributed by atoms with Gasteiger partial charge in [0.05, 0.1) is 21.7 Å². The first-order valence-electron chi connectivity index (χ1n) is 9.21. The number of nitrogens with zero attached hydrogens (tertiary/aromatic N) is 3. The number of thiazole rings is 1. The van der Waals surface area contributed by atoms with Crippen molar-refractivity contribution in [2.45, 2.75) is 25.3 Å². The van der Waals surface area contributed by atoms with Crippen LogP contribution in [0.1, 0.15) is 24.2 Å². The minimum absolute atomic E-state index is 0.0119. The van der Waals surface area contributed by atoms with Crippen molar-refractivity contribution in [1.82, 2.24) is 4.57 Å². The largest absolute Gasteiger partial charge is 0.380 e. The lowest BCUT2D eigenvalue weighted by molar-refractivity contribution is -0.384. The maximum absolute atomic E-state index is 12.8. The quantitative estimate of drug-likeness (QED) is 0.227. The fourth-order valence-corrected chi connectivity index (χ4v) is 4.62. The molecule has 0 saturated carbocycles. The van der Waals surface area contributed by atoms with E-state index in [1.807, 2.05) is 29.7 Å². The monoisotopic (exact) mass is 431 g/mol. The summed E-state index contributed by atoms with van der Waals surface area (Å²) in [7, 11) is 0. The molecule has 0 saturated heterocycles. The number of aromatic nitrogens is 1. The van der Waals surface area contributed by atoms with Crippen LogP contribution in [0.25, 0.3) is 10.2 Å². The molecule has 29 heavy (non-hydrogen) atoms. The zero-order chi connectivity index (χ0) is 20.8. The van der Waals surface area contributed by atoms with Crippen LogP contribution in [-0.2, 0) is 11.3 Å². The number of nitro benzene ring substituents is 1. The maximum Gasteiger partial charge on any atom is 0.279 e. The summed E-state index contributed by atoms with van der Waals surface area (Å²) < 4.78 is 8.03. The topological polar surface area (TPSA) is 86.7 Å². The third kappa shape index (κ3) is 5.11. The number of fused-ring (bicyclic) bond motifs is 1. The van der Waals surface area contributed by atoms with Crippen LogP contribution in [0, 0.1) is 10.1 Å². The number of rotatable bonds is 8. The number of carbonyl (C=O) groups excluding carboxylic acids is 1. The van der Waals surface area contributed by atoms with Crippen molar-refractivity contribution in [2.75, 3.05) is 19.0 Å². The first kappa shape index (κ1) is 21.2. The number of thioether (sulfide) groups is 1. The number of benzene rings is 2. The highest BCUT2D eigenvalue weighted by atomic mass is 32.2. The lowest BCUT2D eigenvalue weighted by Gasteiger charge is -2.05. The Morgan fingerprint density at radius 1 is 1.28 bits per heavy atom. The highest BCUT2D eigenvalue weighted by molar-refractivity contribution is 7.99. The summed E-state index contributed by atoms with van der Waals surface area (Å²) in [5, 5.41) is 11.1. The summed E-state index contributed by atoms with van der Waals surface area (Å²) in [5.74, 6) is 0.580. The molecule has 1 heterocycles. The molecule has 3 rings (SSSR count). The smallest absolute Gasteiger partial charge is 0.279 e. The lowest BCUT2D eigenvalue weighted by atomic mass is 10.2. The Labute approximate surface area is 176 Å². The van der Waals surface area contributed by atoms with E-state index in [9.17, 15) is 14.9 Å². The van der Waals surface area contributed by atoms with Gasteiger partial charge in [-0.1, -0.05) is 24.3 Å². The highest BCUT2D eigenvalue weighted by Gasteiger charge is 2.13. The van der Waals surface area contributed by atoms with E-state index in [-0.39, 0.29) is 11.6 Å². The van der Waals surface area contributed by atoms with E-state index < -0.39 is 4.92 Å². The molecule has 0 radical (unpaired) electrons. The van der Waals surface area contributed by atoms with Crippen molar-refractivity contribution < 1.29 is 14.5 Å². The van der Waals surface area contributed by atoms with Crippen LogP contribution >= 0.6 is 23.1 Å². The number of hydrogen-bond acceptors (Lipinski definition) is 6. The Morgan fingerprint density at radius 3 is 2.83 bits per heavy atom. The molecule has 0 atom stereocenters. The molecule has 0 fully saturated rings. The fraction of sp³-hybridized carbons (Fsp3) is 0.300. The van der Waals surface area contributed by atoms with Crippen molar-refractivity contribution in [3.63, 3.8) is 0 Å². The SMILES string of the molecule is CCOCCn1c(=NC(=O)c2cccc(SCC)c2)sc2cc([N+](=O)[O-])ccc21. The third-order valence-electron chi connectivity index (χ3n) is 4.13. The molecular weight excluding hydrogens is 410 g/mol. The van der Waals surface area contributed by atoms with E-state index in [1.54, 1.807) is 23.9 Å². The third-order valence-corrected chi connectivity index (χ3v) is 6.05. The van der Waals surface area contributed by atoms with Crippen LogP contribution in [0.15, 0.2) is 52.4 Å². The molecule has 0 aliphatic rings. The van der Waals surface area contributed by atoms with E-state index >= 15 is 0 Å². The zero-order valence-electron chi connectivity index (χ0n) is 16.2. The van der Waals surface area contributed by atoms with Crippen molar-refractivity contribution in [3.05, 3.63) is 62.9 Å². The first-order chi connectivity index (χ1) is 14.0. The normalized spacial score (nSPS) is 11.9.